The molecule has 0 saturated carbocycles. The number of amides is 2. The van der Waals surface area contributed by atoms with E-state index in [2.05, 4.69) is 27.6 Å². The quantitative estimate of drug-likeness (QED) is 0.692. The van der Waals surface area contributed by atoms with E-state index in [0.29, 0.717) is 18.2 Å². The Bertz CT molecular complexity index is 996. The Balaban J connectivity index is 1.65. The van der Waals surface area contributed by atoms with Crippen molar-refractivity contribution in [1.29, 1.82) is 0 Å². The second-order valence-electron chi connectivity index (χ2n) is 7.14. The highest BCUT2D eigenvalue weighted by Crippen LogP contribution is 2.29. The molecular formula is C20H25N7O2. The number of ether oxygens (including phenoxy) is 1. The molecule has 9 heteroatoms. The molecule has 1 fully saturated rings. The Morgan fingerprint density at radius 2 is 2.24 bits per heavy atom. The summed E-state index contributed by atoms with van der Waals surface area (Å²) < 4.78 is 9.04. The molecular weight excluding hydrogens is 370 g/mol. The first kappa shape index (κ1) is 19.1. The minimum atomic E-state index is -0.281. The number of anilines is 1. The molecule has 1 saturated heterocycles. The van der Waals surface area contributed by atoms with Crippen molar-refractivity contribution in [3.05, 3.63) is 42.4 Å². The van der Waals surface area contributed by atoms with Crippen LogP contribution in [0.1, 0.15) is 25.3 Å². The minimum Gasteiger partial charge on any atom is -0.376 e. The van der Waals surface area contributed by atoms with Crippen molar-refractivity contribution in [3.8, 4) is 17.1 Å². The first-order valence-corrected chi connectivity index (χ1v) is 9.76. The third-order valence-electron chi connectivity index (χ3n) is 5.13. The summed E-state index contributed by atoms with van der Waals surface area (Å²) in [6.07, 6.45) is 7.06. The number of aryl methyl sites for hydroxylation is 1. The van der Waals surface area contributed by atoms with E-state index in [-0.39, 0.29) is 18.2 Å². The van der Waals surface area contributed by atoms with Gasteiger partial charge in [-0.25, -0.2) is 9.78 Å². The zero-order valence-electron chi connectivity index (χ0n) is 16.8. The van der Waals surface area contributed by atoms with Gasteiger partial charge in [-0.05, 0) is 31.9 Å². The molecule has 3 aromatic heterocycles. The summed E-state index contributed by atoms with van der Waals surface area (Å²) in [6, 6.07) is 5.29. The molecule has 0 aromatic carbocycles. The smallest absolute Gasteiger partial charge is 0.320 e. The van der Waals surface area contributed by atoms with Crippen LogP contribution in [0.3, 0.4) is 0 Å². The number of nitrogens with zero attached hydrogens (tertiary/aromatic N) is 5. The second-order valence-corrected chi connectivity index (χ2v) is 7.14. The Kier molecular flexibility index (Phi) is 5.30. The standard InChI is InChI=1S/C20H25N7O2/c1-4-16-15(8-10-29-16)23-20(28)24-19-13(2)18(14-11-22-26(3)12-14)25-27(19)17-7-5-6-9-21-17/h5-7,9,11-12,15-16H,4,8,10H2,1-3H3,(H2,23,24,28)/t15-,16+/m1/s1. The molecule has 0 unspecified atom stereocenters. The molecule has 2 N–H and O–H groups in total. The topological polar surface area (TPSA) is 98.9 Å². The van der Waals surface area contributed by atoms with Crippen LogP contribution in [0.15, 0.2) is 36.8 Å². The van der Waals surface area contributed by atoms with E-state index in [4.69, 9.17) is 9.84 Å². The SMILES string of the molecule is CC[C@@H]1OCC[C@H]1NC(=O)Nc1c(C)c(-c2cnn(C)c2)nn1-c1ccccn1. The molecule has 29 heavy (non-hydrogen) atoms. The lowest BCUT2D eigenvalue weighted by Crippen LogP contribution is -2.42. The number of aromatic nitrogens is 5. The molecule has 0 aliphatic carbocycles. The first-order chi connectivity index (χ1) is 14.1. The lowest BCUT2D eigenvalue weighted by atomic mass is 10.1. The number of rotatable bonds is 5. The molecule has 9 nitrogen and oxygen atoms in total. The van der Waals surface area contributed by atoms with Crippen LogP contribution in [0.25, 0.3) is 17.1 Å². The molecule has 4 rings (SSSR count). The van der Waals surface area contributed by atoms with Gasteiger partial charge in [-0.2, -0.15) is 14.9 Å². The van der Waals surface area contributed by atoms with Crippen molar-refractivity contribution in [2.45, 2.75) is 38.8 Å². The van der Waals surface area contributed by atoms with Crippen LogP contribution in [-0.4, -0.2) is 49.3 Å². The van der Waals surface area contributed by atoms with Gasteiger partial charge < -0.3 is 10.1 Å². The highest BCUT2D eigenvalue weighted by atomic mass is 16.5. The molecule has 0 bridgehead atoms. The van der Waals surface area contributed by atoms with Gasteiger partial charge in [0, 0.05) is 37.2 Å². The third kappa shape index (κ3) is 3.86. The van der Waals surface area contributed by atoms with Gasteiger partial charge in [0.1, 0.15) is 11.5 Å². The van der Waals surface area contributed by atoms with Gasteiger partial charge in [-0.15, -0.1) is 0 Å². The number of hydrogen-bond acceptors (Lipinski definition) is 5. The highest BCUT2D eigenvalue weighted by molar-refractivity contribution is 5.91. The summed E-state index contributed by atoms with van der Waals surface area (Å²) in [7, 11) is 1.86. The minimum absolute atomic E-state index is 0.00400. The van der Waals surface area contributed by atoms with Crippen molar-refractivity contribution >= 4 is 11.8 Å². The number of urea groups is 1. The van der Waals surface area contributed by atoms with Gasteiger partial charge in [0.25, 0.3) is 0 Å². The van der Waals surface area contributed by atoms with Crippen LogP contribution in [0.4, 0.5) is 10.6 Å². The van der Waals surface area contributed by atoms with E-state index in [0.717, 1.165) is 29.7 Å². The summed E-state index contributed by atoms with van der Waals surface area (Å²) in [5, 5.41) is 15.0. The van der Waals surface area contributed by atoms with Gasteiger partial charge in [0.15, 0.2) is 5.82 Å². The molecule has 0 spiro atoms. The van der Waals surface area contributed by atoms with Crippen molar-refractivity contribution in [2.24, 2.45) is 7.05 Å². The summed E-state index contributed by atoms with van der Waals surface area (Å²) in [5.41, 5.74) is 2.46. The fourth-order valence-corrected chi connectivity index (χ4v) is 3.63. The van der Waals surface area contributed by atoms with Crippen molar-refractivity contribution in [1.82, 2.24) is 29.9 Å². The van der Waals surface area contributed by atoms with Crippen LogP contribution >= 0.6 is 0 Å². The molecule has 152 valence electrons. The van der Waals surface area contributed by atoms with Crippen molar-refractivity contribution in [3.63, 3.8) is 0 Å². The molecule has 4 heterocycles. The number of nitrogens with one attached hydrogen (secondary N) is 2. The molecule has 1 aliphatic heterocycles. The van der Waals surface area contributed by atoms with E-state index in [9.17, 15) is 4.79 Å². The summed E-state index contributed by atoms with van der Waals surface area (Å²) in [4.78, 5) is 17.1. The maximum atomic E-state index is 12.8. The largest absolute Gasteiger partial charge is 0.376 e. The van der Waals surface area contributed by atoms with Crippen molar-refractivity contribution < 1.29 is 9.53 Å². The normalized spacial score (nSPS) is 18.7. The molecule has 1 aliphatic rings. The van der Waals surface area contributed by atoms with E-state index in [1.807, 2.05) is 38.4 Å². The Hall–Kier alpha value is -3.20. The summed E-state index contributed by atoms with van der Waals surface area (Å²) in [5.74, 6) is 1.20. The van der Waals surface area contributed by atoms with Crippen LogP contribution < -0.4 is 10.6 Å². The van der Waals surface area contributed by atoms with E-state index >= 15 is 0 Å². The van der Waals surface area contributed by atoms with Gasteiger partial charge in [-0.1, -0.05) is 13.0 Å². The van der Waals surface area contributed by atoms with Crippen LogP contribution in [0.5, 0.6) is 0 Å². The molecule has 3 aromatic rings. The monoisotopic (exact) mass is 395 g/mol. The fraction of sp³-hybridized carbons (Fsp3) is 0.400. The summed E-state index contributed by atoms with van der Waals surface area (Å²) >= 11 is 0. The predicted octanol–water partition coefficient (Wildman–Crippen LogP) is 2.67. The van der Waals surface area contributed by atoms with Gasteiger partial charge in [-0.3, -0.25) is 10.00 Å². The van der Waals surface area contributed by atoms with Crippen LogP contribution in [-0.2, 0) is 11.8 Å². The molecule has 0 radical (unpaired) electrons. The maximum absolute atomic E-state index is 12.8. The summed E-state index contributed by atoms with van der Waals surface area (Å²) in [6.45, 7) is 4.65. The Morgan fingerprint density at radius 1 is 1.38 bits per heavy atom. The average molecular weight is 395 g/mol. The third-order valence-corrected chi connectivity index (χ3v) is 5.13. The van der Waals surface area contributed by atoms with Gasteiger partial charge in [0.2, 0.25) is 0 Å². The molecule has 2 atom stereocenters. The lowest BCUT2D eigenvalue weighted by Gasteiger charge is -2.19. The predicted molar refractivity (Wildman–Crippen MR) is 109 cm³/mol. The number of hydrogen-bond donors (Lipinski definition) is 2. The average Bonchev–Trinajstić information content (AvgIpc) is 3.43. The zero-order valence-corrected chi connectivity index (χ0v) is 16.8. The number of pyridine rings is 1. The number of carbonyl (C=O) groups is 1. The van der Waals surface area contributed by atoms with E-state index in [1.54, 1.807) is 21.8 Å². The number of carbonyl (C=O) groups excluding carboxylic acids is 1. The maximum Gasteiger partial charge on any atom is 0.320 e. The first-order valence-electron chi connectivity index (χ1n) is 9.76. The zero-order chi connectivity index (χ0) is 20.4. The van der Waals surface area contributed by atoms with Gasteiger partial charge >= 0.3 is 6.03 Å². The second kappa shape index (κ2) is 8.04. The van der Waals surface area contributed by atoms with E-state index < -0.39 is 0 Å². The molecule has 2 amide bonds. The highest BCUT2D eigenvalue weighted by Gasteiger charge is 2.29. The van der Waals surface area contributed by atoms with Gasteiger partial charge in [0.05, 0.1) is 18.3 Å². The van der Waals surface area contributed by atoms with Crippen molar-refractivity contribution in [2.75, 3.05) is 11.9 Å². The van der Waals surface area contributed by atoms with E-state index in [1.165, 1.54) is 0 Å². The van der Waals surface area contributed by atoms with Crippen LogP contribution in [0.2, 0.25) is 0 Å². The van der Waals surface area contributed by atoms with Crippen LogP contribution in [0, 0.1) is 6.92 Å². The Labute approximate surface area is 169 Å². The lowest BCUT2D eigenvalue weighted by molar-refractivity contribution is 0.0970. The fourth-order valence-electron chi connectivity index (χ4n) is 3.63. The Morgan fingerprint density at radius 3 is 2.93 bits per heavy atom.